The molecule has 3 unspecified atom stereocenters. The first-order chi connectivity index (χ1) is 9.58. The summed E-state index contributed by atoms with van der Waals surface area (Å²) in [4.78, 5) is 14.6. The van der Waals surface area contributed by atoms with Gasteiger partial charge in [-0.25, -0.2) is 0 Å². The molecule has 4 heteroatoms. The van der Waals surface area contributed by atoms with Gasteiger partial charge in [0.05, 0.1) is 7.11 Å². The van der Waals surface area contributed by atoms with Crippen molar-refractivity contribution in [2.24, 2.45) is 5.92 Å². The summed E-state index contributed by atoms with van der Waals surface area (Å²) in [6.45, 7) is 7.57. The zero-order valence-electron chi connectivity index (χ0n) is 13.4. The second kappa shape index (κ2) is 6.90. The molecule has 0 radical (unpaired) electrons. The molecule has 2 rings (SSSR count). The SMILES string of the molecule is CCCNC1CC2CCC(C1)N2C(C(=O)OC)C(C)C. The number of carbonyl (C=O) groups is 1. The van der Waals surface area contributed by atoms with Crippen molar-refractivity contribution in [3.8, 4) is 0 Å². The van der Waals surface area contributed by atoms with Gasteiger partial charge < -0.3 is 10.1 Å². The van der Waals surface area contributed by atoms with Crippen LogP contribution in [0.25, 0.3) is 0 Å². The van der Waals surface area contributed by atoms with Crippen LogP contribution in [0.4, 0.5) is 0 Å². The molecule has 0 amide bonds. The lowest BCUT2D eigenvalue weighted by atomic mass is 9.91. The summed E-state index contributed by atoms with van der Waals surface area (Å²) in [6.07, 6.45) is 6.00. The zero-order valence-corrected chi connectivity index (χ0v) is 13.4. The van der Waals surface area contributed by atoms with Gasteiger partial charge in [-0.3, -0.25) is 9.69 Å². The van der Waals surface area contributed by atoms with Crippen molar-refractivity contribution in [3.63, 3.8) is 0 Å². The summed E-state index contributed by atoms with van der Waals surface area (Å²) in [6, 6.07) is 1.67. The number of carbonyl (C=O) groups excluding carboxylic acids is 1. The number of fused-ring (bicyclic) bond motifs is 2. The molecule has 0 aromatic carbocycles. The summed E-state index contributed by atoms with van der Waals surface area (Å²) < 4.78 is 5.05. The Morgan fingerprint density at radius 2 is 1.90 bits per heavy atom. The van der Waals surface area contributed by atoms with Gasteiger partial charge in [-0.2, -0.15) is 0 Å². The predicted octanol–water partition coefficient (Wildman–Crippen LogP) is 2.18. The van der Waals surface area contributed by atoms with Gasteiger partial charge in [0, 0.05) is 18.1 Å². The van der Waals surface area contributed by atoms with Gasteiger partial charge >= 0.3 is 5.97 Å². The Labute approximate surface area is 123 Å². The fraction of sp³-hybridized carbons (Fsp3) is 0.938. The van der Waals surface area contributed by atoms with E-state index in [0.29, 0.717) is 24.0 Å². The first-order valence-corrected chi connectivity index (χ1v) is 8.17. The van der Waals surface area contributed by atoms with Crippen molar-refractivity contribution in [1.82, 2.24) is 10.2 Å². The minimum absolute atomic E-state index is 0.0585. The van der Waals surface area contributed by atoms with Crippen molar-refractivity contribution in [2.75, 3.05) is 13.7 Å². The lowest BCUT2D eigenvalue weighted by Crippen LogP contribution is -2.57. The Bertz CT molecular complexity index is 318. The van der Waals surface area contributed by atoms with Gasteiger partial charge in [-0.15, -0.1) is 0 Å². The molecule has 2 bridgehead atoms. The van der Waals surface area contributed by atoms with Crippen molar-refractivity contribution in [1.29, 1.82) is 0 Å². The summed E-state index contributed by atoms with van der Waals surface area (Å²) in [5, 5.41) is 3.66. The summed E-state index contributed by atoms with van der Waals surface area (Å²) in [7, 11) is 1.51. The molecule has 4 nitrogen and oxygen atoms in total. The number of esters is 1. The molecule has 2 aliphatic heterocycles. The lowest BCUT2D eigenvalue weighted by Gasteiger charge is -2.44. The number of rotatable bonds is 6. The topological polar surface area (TPSA) is 41.6 Å². The predicted molar refractivity (Wildman–Crippen MR) is 80.6 cm³/mol. The normalized spacial score (nSPS) is 31.6. The Kier molecular flexibility index (Phi) is 5.44. The molecule has 1 N–H and O–H groups in total. The van der Waals surface area contributed by atoms with E-state index >= 15 is 0 Å². The molecule has 0 aliphatic carbocycles. The van der Waals surface area contributed by atoms with Crippen LogP contribution in [0.1, 0.15) is 52.9 Å². The first kappa shape index (κ1) is 15.8. The number of hydrogen-bond acceptors (Lipinski definition) is 4. The maximum Gasteiger partial charge on any atom is 0.323 e. The third-order valence-corrected chi connectivity index (χ3v) is 4.87. The van der Waals surface area contributed by atoms with Gasteiger partial charge in [0.15, 0.2) is 0 Å². The van der Waals surface area contributed by atoms with E-state index < -0.39 is 0 Å². The maximum atomic E-state index is 12.1. The maximum absolute atomic E-state index is 12.1. The lowest BCUT2D eigenvalue weighted by molar-refractivity contribution is -0.151. The fourth-order valence-electron chi connectivity index (χ4n) is 4.04. The van der Waals surface area contributed by atoms with E-state index in [9.17, 15) is 4.79 Å². The molecule has 116 valence electrons. The van der Waals surface area contributed by atoms with Crippen molar-refractivity contribution in [3.05, 3.63) is 0 Å². The fourth-order valence-corrected chi connectivity index (χ4v) is 4.04. The van der Waals surface area contributed by atoms with E-state index in [4.69, 9.17) is 4.74 Å². The number of ether oxygens (including phenoxy) is 1. The van der Waals surface area contributed by atoms with E-state index in [1.807, 2.05) is 0 Å². The second-order valence-electron chi connectivity index (χ2n) is 6.67. The smallest absolute Gasteiger partial charge is 0.323 e. The standard InChI is InChI=1S/C16H30N2O2/c1-5-8-17-12-9-13-6-7-14(10-12)18(13)15(11(2)3)16(19)20-4/h11-15,17H,5-10H2,1-4H3. The van der Waals surface area contributed by atoms with E-state index in [2.05, 4.69) is 31.0 Å². The van der Waals surface area contributed by atoms with Crippen molar-refractivity contribution in [2.45, 2.75) is 77.0 Å². The number of nitrogens with one attached hydrogen (secondary N) is 1. The van der Waals surface area contributed by atoms with E-state index in [1.54, 1.807) is 0 Å². The van der Waals surface area contributed by atoms with Gasteiger partial charge in [0.1, 0.15) is 6.04 Å². The Morgan fingerprint density at radius 1 is 1.30 bits per heavy atom. The van der Waals surface area contributed by atoms with Gasteiger partial charge in [0.2, 0.25) is 0 Å². The third-order valence-electron chi connectivity index (χ3n) is 4.87. The van der Waals surface area contributed by atoms with Crippen LogP contribution in [-0.2, 0) is 9.53 Å². The van der Waals surface area contributed by atoms with Crippen LogP contribution in [-0.4, -0.2) is 48.7 Å². The van der Waals surface area contributed by atoms with Crippen LogP contribution in [0.2, 0.25) is 0 Å². The molecule has 20 heavy (non-hydrogen) atoms. The highest BCUT2D eigenvalue weighted by molar-refractivity contribution is 5.76. The first-order valence-electron chi connectivity index (χ1n) is 8.17. The van der Waals surface area contributed by atoms with Crippen LogP contribution >= 0.6 is 0 Å². The molecule has 2 saturated heterocycles. The Morgan fingerprint density at radius 3 is 2.35 bits per heavy atom. The molecule has 0 aromatic rings. The Balaban J connectivity index is 2.05. The summed E-state index contributed by atoms with van der Waals surface area (Å²) >= 11 is 0. The highest BCUT2D eigenvalue weighted by atomic mass is 16.5. The number of nitrogens with zero attached hydrogens (tertiary/aromatic N) is 1. The highest BCUT2D eigenvalue weighted by Crippen LogP contribution is 2.39. The Hall–Kier alpha value is -0.610. The molecule has 0 aromatic heterocycles. The van der Waals surface area contributed by atoms with Crippen molar-refractivity contribution < 1.29 is 9.53 Å². The molecule has 0 saturated carbocycles. The molecular weight excluding hydrogens is 252 g/mol. The van der Waals surface area contributed by atoms with Crippen LogP contribution in [0.5, 0.6) is 0 Å². The third kappa shape index (κ3) is 3.17. The van der Waals surface area contributed by atoms with Gasteiger partial charge in [-0.05, 0) is 44.6 Å². The summed E-state index contributed by atoms with van der Waals surface area (Å²) in [5.41, 5.74) is 0. The van der Waals surface area contributed by atoms with Crippen LogP contribution in [0.15, 0.2) is 0 Å². The van der Waals surface area contributed by atoms with Crippen LogP contribution < -0.4 is 5.32 Å². The molecule has 3 atom stereocenters. The zero-order chi connectivity index (χ0) is 14.7. The second-order valence-corrected chi connectivity index (χ2v) is 6.67. The van der Waals surface area contributed by atoms with Crippen LogP contribution in [0.3, 0.4) is 0 Å². The summed E-state index contributed by atoms with van der Waals surface area (Å²) in [5.74, 6) is 0.252. The quantitative estimate of drug-likeness (QED) is 0.758. The minimum atomic E-state index is -0.0652. The van der Waals surface area contributed by atoms with E-state index in [0.717, 1.165) is 6.54 Å². The molecule has 2 heterocycles. The molecule has 2 aliphatic rings. The monoisotopic (exact) mass is 282 g/mol. The number of hydrogen-bond donors (Lipinski definition) is 1. The molecule has 2 fully saturated rings. The van der Waals surface area contributed by atoms with Gasteiger partial charge in [0.25, 0.3) is 0 Å². The highest BCUT2D eigenvalue weighted by Gasteiger charge is 2.46. The van der Waals surface area contributed by atoms with Gasteiger partial charge in [-0.1, -0.05) is 20.8 Å². The van der Waals surface area contributed by atoms with E-state index in [-0.39, 0.29) is 12.0 Å². The van der Waals surface area contributed by atoms with Crippen molar-refractivity contribution >= 4 is 5.97 Å². The largest absolute Gasteiger partial charge is 0.468 e. The molecular formula is C16H30N2O2. The number of piperidine rings is 1. The molecule has 0 spiro atoms. The average molecular weight is 282 g/mol. The van der Waals surface area contributed by atoms with E-state index in [1.165, 1.54) is 39.2 Å². The average Bonchev–Trinajstić information content (AvgIpc) is 2.68. The number of methoxy groups -OCH3 is 1. The minimum Gasteiger partial charge on any atom is -0.468 e. The van der Waals surface area contributed by atoms with Crippen LogP contribution in [0, 0.1) is 5.92 Å².